The molecule has 0 saturated carbocycles. The van der Waals surface area contributed by atoms with E-state index in [1.807, 2.05) is 20.8 Å². The van der Waals surface area contributed by atoms with Gasteiger partial charge in [-0.15, -0.1) is 0 Å². The smallest absolute Gasteiger partial charge is 0.347 e. The fourth-order valence-electron chi connectivity index (χ4n) is 4.54. The van der Waals surface area contributed by atoms with Crippen molar-refractivity contribution in [1.82, 2.24) is 14.8 Å². The lowest BCUT2D eigenvalue weighted by atomic mass is 10.1. The number of nitrogens with one attached hydrogen (secondary N) is 1. The number of carbonyl (C=O) groups is 3. The Balaban J connectivity index is 1.50. The number of esters is 3. The molecule has 4 atom stereocenters. The fraction of sp³-hybridized carbons (Fsp3) is 0.250. The summed E-state index contributed by atoms with van der Waals surface area (Å²) in [5.74, 6) is -2.24. The summed E-state index contributed by atoms with van der Waals surface area (Å²) < 4.78 is 24.0. The molecule has 1 N–H and O–H groups in total. The van der Waals surface area contributed by atoms with Crippen molar-refractivity contribution in [1.29, 1.82) is 0 Å². The number of carbonyl (C=O) groups excluding carboxylic acids is 3. The molecule has 0 bridgehead atoms. The second kappa shape index (κ2) is 12.9. The molecule has 1 aliphatic rings. The standard InChI is InChI=1S/C32H29N3O9/c1-18-4-10-21(11-5-18)29(37)41-17-24-26(43-30(38)22-12-6-19(2)7-13-22)27(44-31(39)23-14-8-20(3)9-15-23)28(42-24)35-32(40)34-25(36)16-33-35/h4-16,24,26-28H,17H2,1-3H3,(H,34,36,40)/t24-,26-,27+,28-/m1/s1. The Morgan fingerprint density at radius 3 is 1.66 bits per heavy atom. The average molecular weight is 600 g/mol. The Hall–Kier alpha value is -5.36. The van der Waals surface area contributed by atoms with Gasteiger partial charge in [-0.25, -0.2) is 19.2 Å². The third-order valence-corrected chi connectivity index (χ3v) is 6.99. The molecular weight excluding hydrogens is 570 g/mol. The molecule has 1 aromatic heterocycles. The van der Waals surface area contributed by atoms with E-state index in [2.05, 4.69) is 10.1 Å². The van der Waals surface area contributed by atoms with Crippen molar-refractivity contribution in [3.63, 3.8) is 0 Å². The summed E-state index contributed by atoms with van der Waals surface area (Å²) in [4.78, 5) is 66.0. The zero-order valence-electron chi connectivity index (χ0n) is 24.1. The molecule has 5 rings (SSSR count). The summed E-state index contributed by atoms with van der Waals surface area (Å²) in [7, 11) is 0. The molecule has 12 heteroatoms. The number of aromatic amines is 1. The lowest BCUT2D eigenvalue weighted by Crippen LogP contribution is -2.43. The highest BCUT2D eigenvalue weighted by Gasteiger charge is 2.52. The van der Waals surface area contributed by atoms with Gasteiger partial charge in [0.1, 0.15) is 18.9 Å². The first kappa shape index (κ1) is 30.1. The second-order valence-electron chi connectivity index (χ2n) is 10.4. The molecule has 226 valence electrons. The van der Waals surface area contributed by atoms with Crippen molar-refractivity contribution in [2.24, 2.45) is 0 Å². The number of aryl methyl sites for hydroxylation is 3. The third-order valence-electron chi connectivity index (χ3n) is 6.99. The van der Waals surface area contributed by atoms with Gasteiger partial charge in [0, 0.05) is 0 Å². The van der Waals surface area contributed by atoms with E-state index in [1.165, 1.54) is 0 Å². The molecule has 12 nitrogen and oxygen atoms in total. The Morgan fingerprint density at radius 1 is 0.727 bits per heavy atom. The maximum atomic E-state index is 13.3. The number of benzene rings is 3. The van der Waals surface area contributed by atoms with Gasteiger partial charge in [-0.3, -0.25) is 9.78 Å². The van der Waals surface area contributed by atoms with Gasteiger partial charge < -0.3 is 18.9 Å². The summed E-state index contributed by atoms with van der Waals surface area (Å²) in [5, 5.41) is 3.86. The topological polar surface area (TPSA) is 156 Å². The number of rotatable bonds is 8. The van der Waals surface area contributed by atoms with Crippen molar-refractivity contribution >= 4 is 17.9 Å². The van der Waals surface area contributed by atoms with Gasteiger partial charge in [-0.1, -0.05) is 53.1 Å². The molecule has 0 unspecified atom stereocenters. The third kappa shape index (κ3) is 6.81. The molecule has 1 aliphatic heterocycles. The van der Waals surface area contributed by atoms with Crippen LogP contribution in [0.3, 0.4) is 0 Å². The minimum Gasteiger partial charge on any atom is -0.459 e. The molecule has 0 radical (unpaired) electrons. The normalized spacial score (nSPS) is 19.2. The minimum absolute atomic E-state index is 0.189. The number of H-pyrrole nitrogens is 1. The van der Waals surface area contributed by atoms with E-state index in [1.54, 1.807) is 72.8 Å². The van der Waals surface area contributed by atoms with Gasteiger partial charge in [0.2, 0.25) is 0 Å². The highest BCUT2D eigenvalue weighted by atomic mass is 16.7. The highest BCUT2D eigenvalue weighted by Crippen LogP contribution is 2.34. The number of hydrogen-bond donors (Lipinski definition) is 1. The van der Waals surface area contributed by atoms with Crippen molar-refractivity contribution in [2.45, 2.75) is 45.3 Å². The van der Waals surface area contributed by atoms with Crippen LogP contribution in [0.15, 0.2) is 88.6 Å². The Morgan fingerprint density at radius 2 is 1.18 bits per heavy atom. The summed E-state index contributed by atoms with van der Waals surface area (Å²) in [6, 6.07) is 19.8. The van der Waals surface area contributed by atoms with E-state index in [9.17, 15) is 24.0 Å². The van der Waals surface area contributed by atoms with Gasteiger partial charge in [0.15, 0.2) is 18.4 Å². The molecule has 0 amide bonds. The fourth-order valence-corrected chi connectivity index (χ4v) is 4.54. The molecule has 0 spiro atoms. The summed E-state index contributed by atoms with van der Waals surface area (Å²) in [6.45, 7) is 5.15. The monoisotopic (exact) mass is 599 g/mol. The van der Waals surface area contributed by atoms with Crippen molar-refractivity contribution in [3.05, 3.63) is 133 Å². The van der Waals surface area contributed by atoms with Crippen LogP contribution in [0.5, 0.6) is 0 Å². The largest absolute Gasteiger partial charge is 0.459 e. The van der Waals surface area contributed by atoms with E-state index in [0.29, 0.717) is 0 Å². The summed E-state index contributed by atoms with van der Waals surface area (Å²) in [5.41, 5.74) is 1.73. The molecule has 0 aliphatic carbocycles. The maximum Gasteiger partial charge on any atom is 0.347 e. The van der Waals surface area contributed by atoms with Crippen molar-refractivity contribution < 1.29 is 33.3 Å². The van der Waals surface area contributed by atoms with Crippen LogP contribution in [0.25, 0.3) is 0 Å². The van der Waals surface area contributed by atoms with Gasteiger partial charge in [-0.2, -0.15) is 9.78 Å². The molecule has 1 saturated heterocycles. The van der Waals surface area contributed by atoms with Gasteiger partial charge >= 0.3 is 23.6 Å². The average Bonchev–Trinajstić information content (AvgIpc) is 3.32. The van der Waals surface area contributed by atoms with Crippen LogP contribution >= 0.6 is 0 Å². The molecule has 1 fully saturated rings. The van der Waals surface area contributed by atoms with Crippen LogP contribution < -0.4 is 11.2 Å². The predicted octanol–water partition coefficient (Wildman–Crippen LogP) is 3.06. The molecule has 2 heterocycles. The number of nitrogens with zero attached hydrogens (tertiary/aromatic N) is 2. The molecular formula is C32H29N3O9. The molecule has 4 aromatic rings. The molecule has 3 aromatic carbocycles. The lowest BCUT2D eigenvalue weighted by molar-refractivity contribution is -0.0699. The predicted molar refractivity (Wildman–Crippen MR) is 155 cm³/mol. The van der Waals surface area contributed by atoms with Crippen LogP contribution in [0.1, 0.15) is 54.0 Å². The summed E-state index contributed by atoms with van der Waals surface area (Å²) >= 11 is 0. The first-order valence-corrected chi connectivity index (χ1v) is 13.7. The lowest BCUT2D eigenvalue weighted by Gasteiger charge is -2.24. The number of ether oxygens (including phenoxy) is 4. The van der Waals surface area contributed by atoms with Crippen LogP contribution in [0, 0.1) is 20.8 Å². The van der Waals surface area contributed by atoms with Crippen LogP contribution in [-0.2, 0) is 18.9 Å². The maximum absolute atomic E-state index is 13.3. The van der Waals surface area contributed by atoms with Crippen LogP contribution in [0.4, 0.5) is 0 Å². The number of hydrogen-bond acceptors (Lipinski definition) is 10. The van der Waals surface area contributed by atoms with Crippen LogP contribution in [-0.4, -0.2) is 57.6 Å². The van der Waals surface area contributed by atoms with Crippen molar-refractivity contribution in [3.8, 4) is 0 Å². The SMILES string of the molecule is Cc1ccc(C(=O)OC[C@H]2O[C@@H](n3ncc(=O)[nH]c3=O)[C@@H](OC(=O)c3ccc(C)cc3)[C@@H]2OC(=O)c2ccc(C)cc2)cc1. The second-order valence-corrected chi connectivity index (χ2v) is 10.4. The Bertz CT molecular complexity index is 1780. The van der Waals surface area contributed by atoms with E-state index in [4.69, 9.17) is 18.9 Å². The van der Waals surface area contributed by atoms with Crippen LogP contribution in [0.2, 0.25) is 0 Å². The Kier molecular flexibility index (Phi) is 8.81. The Labute approximate surface area is 251 Å². The first-order chi connectivity index (χ1) is 21.1. The highest BCUT2D eigenvalue weighted by molar-refractivity contribution is 5.91. The van der Waals surface area contributed by atoms with E-state index >= 15 is 0 Å². The van der Waals surface area contributed by atoms with E-state index in [0.717, 1.165) is 27.6 Å². The quantitative estimate of drug-likeness (QED) is 0.236. The van der Waals surface area contributed by atoms with E-state index in [-0.39, 0.29) is 16.7 Å². The minimum atomic E-state index is -1.47. The van der Waals surface area contributed by atoms with E-state index < -0.39 is 60.3 Å². The van der Waals surface area contributed by atoms with Gasteiger partial charge in [0.05, 0.1) is 16.7 Å². The number of aromatic nitrogens is 3. The first-order valence-electron chi connectivity index (χ1n) is 13.7. The summed E-state index contributed by atoms with van der Waals surface area (Å²) in [6.07, 6.45) is -4.64. The van der Waals surface area contributed by atoms with Gasteiger partial charge in [-0.05, 0) is 57.2 Å². The molecule has 44 heavy (non-hydrogen) atoms. The zero-order valence-corrected chi connectivity index (χ0v) is 24.1. The van der Waals surface area contributed by atoms with Gasteiger partial charge in [0.25, 0.3) is 5.56 Å². The zero-order chi connectivity index (χ0) is 31.4. The van der Waals surface area contributed by atoms with Crippen molar-refractivity contribution in [2.75, 3.05) is 6.61 Å².